The Morgan fingerprint density at radius 2 is 1.83 bits per heavy atom. The molecule has 0 saturated carbocycles. The molecule has 0 spiro atoms. The van der Waals surface area contributed by atoms with Crippen molar-refractivity contribution in [1.29, 1.82) is 0 Å². The van der Waals surface area contributed by atoms with Gasteiger partial charge in [0.05, 0.1) is 6.61 Å². The third-order valence-corrected chi connectivity index (χ3v) is 3.10. The highest BCUT2D eigenvalue weighted by atomic mass is 16.3. The van der Waals surface area contributed by atoms with Crippen molar-refractivity contribution < 1.29 is 5.11 Å². The molecule has 0 heterocycles. The van der Waals surface area contributed by atoms with Gasteiger partial charge in [0.25, 0.3) is 0 Å². The number of benzene rings is 1. The van der Waals surface area contributed by atoms with E-state index in [0.29, 0.717) is 0 Å². The molecule has 1 aromatic rings. The first-order valence-corrected chi connectivity index (χ1v) is 6.68. The molecule has 3 nitrogen and oxygen atoms in total. The molecule has 1 aromatic carbocycles. The summed E-state index contributed by atoms with van der Waals surface area (Å²) in [5, 5.41) is 9.15. The fourth-order valence-electron chi connectivity index (χ4n) is 2.11. The molecular weight excluding hydrogens is 224 g/mol. The van der Waals surface area contributed by atoms with Crippen LogP contribution in [0.2, 0.25) is 0 Å². The maximum Gasteiger partial charge on any atom is 0.0681 e. The van der Waals surface area contributed by atoms with Gasteiger partial charge in [-0.15, -0.1) is 0 Å². The van der Waals surface area contributed by atoms with Crippen molar-refractivity contribution >= 4 is 5.69 Å². The summed E-state index contributed by atoms with van der Waals surface area (Å²) in [7, 11) is 4.21. The topological polar surface area (TPSA) is 26.7 Å². The first-order valence-electron chi connectivity index (χ1n) is 6.68. The van der Waals surface area contributed by atoms with E-state index >= 15 is 0 Å². The Labute approximate surface area is 111 Å². The molecule has 0 aliphatic rings. The second-order valence-electron chi connectivity index (χ2n) is 5.07. The lowest BCUT2D eigenvalue weighted by Gasteiger charge is -2.27. The minimum Gasteiger partial charge on any atom is -0.392 e. The van der Waals surface area contributed by atoms with Gasteiger partial charge in [-0.05, 0) is 44.6 Å². The van der Waals surface area contributed by atoms with E-state index < -0.39 is 0 Å². The molecule has 18 heavy (non-hydrogen) atoms. The van der Waals surface area contributed by atoms with Crippen LogP contribution in [0.25, 0.3) is 0 Å². The predicted octanol–water partition coefficient (Wildman–Crippen LogP) is 2.27. The number of aryl methyl sites for hydroxylation is 1. The summed E-state index contributed by atoms with van der Waals surface area (Å²) < 4.78 is 0. The summed E-state index contributed by atoms with van der Waals surface area (Å²) >= 11 is 0. The number of likely N-dealkylation sites (N-methyl/N-ethyl adjacent to an activating group) is 1. The number of nitrogens with zero attached hydrogens (tertiary/aromatic N) is 2. The molecule has 0 aliphatic heterocycles. The molecule has 0 aromatic heterocycles. The Morgan fingerprint density at radius 1 is 1.11 bits per heavy atom. The van der Waals surface area contributed by atoms with Gasteiger partial charge in [0.2, 0.25) is 0 Å². The first kappa shape index (κ1) is 15.0. The molecular formula is C15H26N2O. The van der Waals surface area contributed by atoms with Crippen LogP contribution >= 0.6 is 0 Å². The van der Waals surface area contributed by atoms with Crippen LogP contribution in [-0.2, 0) is 6.61 Å². The van der Waals surface area contributed by atoms with Crippen LogP contribution in [0.3, 0.4) is 0 Å². The molecule has 1 rings (SSSR count). The Balaban J connectivity index is 2.84. The normalized spacial score (nSPS) is 11.0. The Kier molecular flexibility index (Phi) is 6.16. The molecule has 3 heteroatoms. The highest BCUT2D eigenvalue weighted by molar-refractivity contribution is 5.54. The van der Waals surface area contributed by atoms with Crippen molar-refractivity contribution in [3.8, 4) is 0 Å². The predicted molar refractivity (Wildman–Crippen MR) is 78.2 cm³/mol. The van der Waals surface area contributed by atoms with Crippen LogP contribution in [-0.4, -0.2) is 43.7 Å². The number of rotatable bonds is 7. The van der Waals surface area contributed by atoms with E-state index in [1.54, 1.807) is 0 Å². The number of aliphatic hydroxyl groups excluding tert-OH is 1. The zero-order valence-electron chi connectivity index (χ0n) is 12.1. The molecule has 0 bridgehead atoms. The van der Waals surface area contributed by atoms with E-state index in [4.69, 9.17) is 5.11 Å². The van der Waals surface area contributed by atoms with Crippen LogP contribution in [0.5, 0.6) is 0 Å². The molecule has 0 unspecified atom stereocenters. The molecule has 102 valence electrons. The maximum atomic E-state index is 9.15. The third kappa shape index (κ3) is 4.31. The van der Waals surface area contributed by atoms with Crippen molar-refractivity contribution in [3.05, 3.63) is 29.3 Å². The van der Waals surface area contributed by atoms with Crippen LogP contribution in [0.15, 0.2) is 18.2 Å². The number of anilines is 1. The average molecular weight is 250 g/mol. The zero-order valence-corrected chi connectivity index (χ0v) is 12.1. The minimum absolute atomic E-state index is 0.118. The molecule has 0 fully saturated rings. The highest BCUT2D eigenvalue weighted by Crippen LogP contribution is 2.21. The van der Waals surface area contributed by atoms with Crippen LogP contribution < -0.4 is 4.90 Å². The summed E-state index contributed by atoms with van der Waals surface area (Å²) in [4.78, 5) is 4.64. The van der Waals surface area contributed by atoms with Crippen LogP contribution in [0, 0.1) is 6.92 Å². The quantitative estimate of drug-likeness (QED) is 0.804. The van der Waals surface area contributed by atoms with Crippen molar-refractivity contribution in [2.45, 2.75) is 26.9 Å². The Morgan fingerprint density at radius 3 is 2.33 bits per heavy atom. The van der Waals surface area contributed by atoms with Gasteiger partial charge in [0.15, 0.2) is 0 Å². The molecule has 0 amide bonds. The van der Waals surface area contributed by atoms with Gasteiger partial charge in [0, 0.05) is 25.3 Å². The lowest BCUT2D eigenvalue weighted by molar-refractivity contribution is 0.282. The molecule has 0 radical (unpaired) electrons. The summed E-state index contributed by atoms with van der Waals surface area (Å²) in [6.45, 7) is 7.62. The SMILES string of the molecule is CCCN(CCN(C)C)c1ccc(CO)cc1C. The summed E-state index contributed by atoms with van der Waals surface area (Å²) in [5.74, 6) is 0. The van der Waals surface area contributed by atoms with E-state index in [9.17, 15) is 0 Å². The van der Waals surface area contributed by atoms with E-state index in [-0.39, 0.29) is 6.61 Å². The smallest absolute Gasteiger partial charge is 0.0681 e. The zero-order chi connectivity index (χ0) is 13.5. The van der Waals surface area contributed by atoms with Crippen LogP contribution in [0.1, 0.15) is 24.5 Å². The lowest BCUT2D eigenvalue weighted by Crippen LogP contribution is -2.32. The first-order chi connectivity index (χ1) is 8.58. The summed E-state index contributed by atoms with van der Waals surface area (Å²) in [6.07, 6.45) is 1.15. The monoisotopic (exact) mass is 250 g/mol. The van der Waals surface area contributed by atoms with Crippen LogP contribution in [0.4, 0.5) is 5.69 Å². The summed E-state index contributed by atoms with van der Waals surface area (Å²) in [6, 6.07) is 6.22. The van der Waals surface area contributed by atoms with Crippen molar-refractivity contribution in [1.82, 2.24) is 4.90 Å². The standard InChI is InChI=1S/C15H26N2O/c1-5-8-17(10-9-16(3)4)15-7-6-14(12-18)11-13(15)2/h6-7,11,18H,5,8-10,12H2,1-4H3. The Hall–Kier alpha value is -1.06. The van der Waals surface area contributed by atoms with E-state index in [0.717, 1.165) is 31.6 Å². The third-order valence-electron chi connectivity index (χ3n) is 3.10. The molecule has 0 atom stereocenters. The minimum atomic E-state index is 0.118. The van der Waals surface area contributed by atoms with Crippen molar-refractivity contribution in [3.63, 3.8) is 0 Å². The molecule has 0 saturated heterocycles. The van der Waals surface area contributed by atoms with Gasteiger partial charge >= 0.3 is 0 Å². The number of aliphatic hydroxyl groups is 1. The number of hydrogen-bond acceptors (Lipinski definition) is 3. The van der Waals surface area contributed by atoms with Gasteiger partial charge in [-0.2, -0.15) is 0 Å². The van der Waals surface area contributed by atoms with E-state index in [1.807, 2.05) is 6.07 Å². The lowest BCUT2D eigenvalue weighted by atomic mass is 10.1. The fraction of sp³-hybridized carbons (Fsp3) is 0.600. The van der Waals surface area contributed by atoms with Gasteiger partial charge < -0.3 is 14.9 Å². The largest absolute Gasteiger partial charge is 0.392 e. The highest BCUT2D eigenvalue weighted by Gasteiger charge is 2.09. The second-order valence-corrected chi connectivity index (χ2v) is 5.07. The van der Waals surface area contributed by atoms with E-state index in [1.165, 1.54) is 11.3 Å². The van der Waals surface area contributed by atoms with Gasteiger partial charge in [-0.3, -0.25) is 0 Å². The molecule has 0 aliphatic carbocycles. The number of hydrogen-bond donors (Lipinski definition) is 1. The maximum absolute atomic E-state index is 9.15. The molecule has 1 N–H and O–H groups in total. The van der Waals surface area contributed by atoms with Crippen molar-refractivity contribution in [2.75, 3.05) is 38.6 Å². The Bertz CT molecular complexity index is 364. The van der Waals surface area contributed by atoms with E-state index in [2.05, 4.69) is 49.9 Å². The summed E-state index contributed by atoms with van der Waals surface area (Å²) in [5.41, 5.74) is 3.52. The van der Waals surface area contributed by atoms with Crippen molar-refractivity contribution in [2.24, 2.45) is 0 Å². The second kappa shape index (κ2) is 7.39. The van der Waals surface area contributed by atoms with Gasteiger partial charge in [-0.1, -0.05) is 19.1 Å². The van der Waals surface area contributed by atoms with Gasteiger partial charge in [0.1, 0.15) is 0 Å². The fourth-order valence-corrected chi connectivity index (χ4v) is 2.11. The van der Waals surface area contributed by atoms with Gasteiger partial charge in [-0.25, -0.2) is 0 Å². The average Bonchev–Trinajstić information content (AvgIpc) is 2.34.